The Hall–Kier alpha value is -2.20. The summed E-state index contributed by atoms with van der Waals surface area (Å²) in [6, 6.07) is 12.9. The maximum Gasteiger partial charge on any atom is 0.191 e. The van der Waals surface area contributed by atoms with Gasteiger partial charge in [0.2, 0.25) is 0 Å². The van der Waals surface area contributed by atoms with Crippen LogP contribution in [0.5, 0.6) is 0 Å². The number of imidazole rings is 1. The quantitative estimate of drug-likeness (QED) is 0.181. The number of aliphatic hydroxyl groups is 1. The zero-order valence-corrected chi connectivity index (χ0v) is 19.7. The maximum absolute atomic E-state index is 13.5. The van der Waals surface area contributed by atoms with E-state index in [9.17, 15) is 9.50 Å². The molecule has 0 unspecified atom stereocenters. The fourth-order valence-electron chi connectivity index (χ4n) is 3.28. The van der Waals surface area contributed by atoms with Crippen molar-refractivity contribution in [3.63, 3.8) is 0 Å². The molecule has 3 rings (SSSR count). The number of para-hydroxylation sites is 2. The fourth-order valence-corrected chi connectivity index (χ4v) is 3.28. The van der Waals surface area contributed by atoms with Crippen LogP contribution in [-0.2, 0) is 19.7 Å². The molecule has 0 fully saturated rings. The third-order valence-electron chi connectivity index (χ3n) is 4.74. The van der Waals surface area contributed by atoms with Gasteiger partial charge in [0.1, 0.15) is 11.6 Å². The van der Waals surface area contributed by atoms with Gasteiger partial charge in [-0.25, -0.2) is 14.4 Å². The van der Waals surface area contributed by atoms with Gasteiger partial charge in [-0.2, -0.15) is 0 Å². The Kier molecular flexibility index (Phi) is 9.51. The second-order valence-electron chi connectivity index (χ2n) is 6.86. The molecule has 0 amide bonds. The summed E-state index contributed by atoms with van der Waals surface area (Å²) >= 11 is 0. The third-order valence-corrected chi connectivity index (χ3v) is 4.74. The van der Waals surface area contributed by atoms with Crippen LogP contribution in [0.4, 0.5) is 4.39 Å². The highest BCUT2D eigenvalue weighted by atomic mass is 127. The molecule has 1 aromatic heterocycles. The van der Waals surface area contributed by atoms with Crippen molar-refractivity contribution >= 4 is 41.0 Å². The van der Waals surface area contributed by atoms with Crippen molar-refractivity contribution in [2.24, 2.45) is 4.99 Å². The largest absolute Gasteiger partial charge is 0.392 e. The Morgan fingerprint density at radius 1 is 1.20 bits per heavy atom. The van der Waals surface area contributed by atoms with Gasteiger partial charge in [0.25, 0.3) is 0 Å². The molecule has 8 heteroatoms. The van der Waals surface area contributed by atoms with Crippen molar-refractivity contribution in [1.82, 2.24) is 20.2 Å². The molecule has 0 atom stereocenters. The van der Waals surface area contributed by atoms with E-state index >= 15 is 0 Å². The van der Waals surface area contributed by atoms with Crippen molar-refractivity contribution in [2.75, 3.05) is 13.1 Å². The van der Waals surface area contributed by atoms with E-state index in [4.69, 9.17) is 0 Å². The van der Waals surface area contributed by atoms with Gasteiger partial charge in [-0.15, -0.1) is 24.0 Å². The topological polar surface area (TPSA) is 74.5 Å². The number of hydrogen-bond acceptors (Lipinski definition) is 3. The van der Waals surface area contributed by atoms with E-state index in [1.807, 2.05) is 32.0 Å². The van der Waals surface area contributed by atoms with E-state index in [1.54, 1.807) is 12.1 Å². The Bertz CT molecular complexity index is 989. The normalized spacial score (nSPS) is 11.4. The van der Waals surface area contributed by atoms with Gasteiger partial charge in [-0.05, 0) is 50.1 Å². The number of rotatable bonds is 8. The van der Waals surface area contributed by atoms with Gasteiger partial charge in [0.15, 0.2) is 5.96 Å². The molecule has 0 aliphatic heterocycles. The van der Waals surface area contributed by atoms with Crippen molar-refractivity contribution in [3.8, 4) is 0 Å². The number of halogens is 2. The summed E-state index contributed by atoms with van der Waals surface area (Å²) in [6.45, 7) is 6.53. The maximum atomic E-state index is 13.5. The van der Waals surface area contributed by atoms with Gasteiger partial charge in [-0.3, -0.25) is 0 Å². The highest BCUT2D eigenvalue weighted by Gasteiger charge is 2.06. The molecular weight excluding hydrogens is 496 g/mol. The van der Waals surface area contributed by atoms with E-state index in [-0.39, 0.29) is 30.6 Å². The molecular formula is C22H29FIN5O. The summed E-state index contributed by atoms with van der Waals surface area (Å²) in [5.74, 6) is 1.34. The first kappa shape index (κ1) is 24.1. The summed E-state index contributed by atoms with van der Waals surface area (Å²) < 4.78 is 15.7. The van der Waals surface area contributed by atoms with Crippen molar-refractivity contribution in [3.05, 3.63) is 65.2 Å². The van der Waals surface area contributed by atoms with E-state index < -0.39 is 5.82 Å². The average Bonchev–Trinajstić information content (AvgIpc) is 3.05. The van der Waals surface area contributed by atoms with E-state index in [0.717, 1.165) is 54.4 Å². The van der Waals surface area contributed by atoms with Gasteiger partial charge < -0.3 is 20.3 Å². The molecule has 162 valence electrons. The summed E-state index contributed by atoms with van der Waals surface area (Å²) in [7, 11) is 0. The molecule has 3 N–H and O–H groups in total. The molecule has 6 nitrogen and oxygen atoms in total. The molecule has 0 saturated heterocycles. The van der Waals surface area contributed by atoms with Crippen LogP contribution in [0, 0.1) is 12.7 Å². The number of nitrogens with one attached hydrogen (secondary N) is 2. The SMILES string of the molecule is CCNC(=NCc1ccc(F)c(CO)c1)NCCCn1c(C)nc2ccccc21.I. The molecule has 0 saturated carbocycles. The minimum Gasteiger partial charge on any atom is -0.392 e. The van der Waals surface area contributed by atoms with Crippen LogP contribution in [0.2, 0.25) is 0 Å². The number of aliphatic hydroxyl groups excluding tert-OH is 1. The number of aromatic nitrogens is 2. The van der Waals surface area contributed by atoms with E-state index in [1.165, 1.54) is 6.07 Å². The molecule has 1 heterocycles. The standard InChI is InChI=1S/C22H28FN5O.HI/c1-3-24-22(26-14-17-9-10-19(23)18(13-17)15-29)25-11-6-12-28-16(2)27-20-7-4-5-8-21(20)28;/h4-5,7-10,13,29H,3,6,11-12,14-15H2,1-2H3,(H2,24,25,26);1H. The number of hydrogen-bond donors (Lipinski definition) is 3. The molecule has 0 bridgehead atoms. The van der Waals surface area contributed by atoms with Crippen LogP contribution < -0.4 is 10.6 Å². The van der Waals surface area contributed by atoms with E-state index in [0.29, 0.717) is 12.1 Å². The second-order valence-corrected chi connectivity index (χ2v) is 6.86. The number of nitrogens with zero attached hydrogens (tertiary/aromatic N) is 3. The number of fused-ring (bicyclic) bond motifs is 1. The monoisotopic (exact) mass is 525 g/mol. The molecule has 0 aliphatic carbocycles. The fraction of sp³-hybridized carbons (Fsp3) is 0.364. The summed E-state index contributed by atoms with van der Waals surface area (Å²) in [6.07, 6.45) is 0.927. The van der Waals surface area contributed by atoms with Crippen LogP contribution in [0.3, 0.4) is 0 Å². The molecule has 0 radical (unpaired) electrons. The molecule has 0 aliphatic rings. The number of aryl methyl sites for hydroxylation is 2. The number of guanidine groups is 1. The number of benzene rings is 2. The first-order valence-corrected chi connectivity index (χ1v) is 9.94. The lowest BCUT2D eigenvalue weighted by molar-refractivity contribution is 0.275. The van der Waals surface area contributed by atoms with Gasteiger partial charge in [-0.1, -0.05) is 18.2 Å². The summed E-state index contributed by atoms with van der Waals surface area (Å²) in [4.78, 5) is 9.16. The summed E-state index contributed by atoms with van der Waals surface area (Å²) in [5, 5.41) is 15.8. The molecule has 3 aromatic rings. The van der Waals surface area contributed by atoms with Gasteiger partial charge in [0.05, 0.1) is 24.2 Å². The lowest BCUT2D eigenvalue weighted by Crippen LogP contribution is -2.38. The Labute approximate surface area is 193 Å². The lowest BCUT2D eigenvalue weighted by atomic mass is 10.1. The number of aliphatic imine (C=N–C) groups is 1. The second kappa shape index (κ2) is 11.8. The average molecular weight is 525 g/mol. The lowest BCUT2D eigenvalue weighted by Gasteiger charge is -2.12. The first-order chi connectivity index (χ1) is 14.1. The van der Waals surface area contributed by atoms with Crippen LogP contribution in [0.25, 0.3) is 11.0 Å². The van der Waals surface area contributed by atoms with Crippen molar-refractivity contribution < 1.29 is 9.50 Å². The zero-order chi connectivity index (χ0) is 20.6. The first-order valence-electron chi connectivity index (χ1n) is 9.94. The summed E-state index contributed by atoms with van der Waals surface area (Å²) in [5.41, 5.74) is 3.32. The Morgan fingerprint density at radius 2 is 2.00 bits per heavy atom. The van der Waals surface area contributed by atoms with Gasteiger partial charge >= 0.3 is 0 Å². The minimum absolute atomic E-state index is 0. The Morgan fingerprint density at radius 3 is 2.77 bits per heavy atom. The predicted molar refractivity (Wildman–Crippen MR) is 130 cm³/mol. The zero-order valence-electron chi connectivity index (χ0n) is 17.4. The van der Waals surface area contributed by atoms with Crippen LogP contribution in [-0.4, -0.2) is 33.7 Å². The highest BCUT2D eigenvalue weighted by molar-refractivity contribution is 14.0. The van der Waals surface area contributed by atoms with Crippen LogP contribution in [0.15, 0.2) is 47.5 Å². The smallest absolute Gasteiger partial charge is 0.191 e. The molecule has 30 heavy (non-hydrogen) atoms. The Balaban J connectivity index is 0.00000320. The van der Waals surface area contributed by atoms with Crippen LogP contribution in [0.1, 0.15) is 30.3 Å². The minimum atomic E-state index is -0.396. The van der Waals surface area contributed by atoms with Crippen molar-refractivity contribution in [2.45, 2.75) is 40.0 Å². The highest BCUT2D eigenvalue weighted by Crippen LogP contribution is 2.15. The predicted octanol–water partition coefficient (Wildman–Crippen LogP) is 3.74. The van der Waals surface area contributed by atoms with Crippen LogP contribution >= 0.6 is 24.0 Å². The van der Waals surface area contributed by atoms with Gasteiger partial charge in [0, 0.05) is 25.2 Å². The molecule has 0 spiro atoms. The van der Waals surface area contributed by atoms with Crippen molar-refractivity contribution in [1.29, 1.82) is 0 Å². The third kappa shape index (κ3) is 6.15. The van der Waals surface area contributed by atoms with E-state index in [2.05, 4.69) is 31.2 Å². The molecule has 2 aromatic carbocycles.